The van der Waals surface area contributed by atoms with Gasteiger partial charge in [0.05, 0.1) is 57.2 Å². The average Bonchev–Trinajstić information content (AvgIpc) is 3.08. The molecular formula is C29H52O17S3. The molecule has 0 bridgehead atoms. The molecule has 2 saturated heterocycles. The van der Waals surface area contributed by atoms with Crippen molar-refractivity contribution in [1.82, 2.24) is 0 Å². The summed E-state index contributed by atoms with van der Waals surface area (Å²) >= 11 is 5.43. The molecule has 1 aromatic carbocycles. The molecule has 3 rings (SSSR count). The van der Waals surface area contributed by atoms with E-state index in [1.54, 1.807) is 33.3 Å². The van der Waals surface area contributed by atoms with Crippen molar-refractivity contribution in [2.45, 2.75) is 73.2 Å². The minimum absolute atomic E-state index is 0.0652. The van der Waals surface area contributed by atoms with Gasteiger partial charge < -0.3 is 69.3 Å². The molecule has 0 aliphatic carbocycles. The zero-order chi connectivity index (χ0) is 37.0. The standard InChI is InChI=1S/C13H18O8S.C11H22O7S.C5H12O2S/c1-7-2-4-8(5-3-7)22(18,19)20-6-9-10(14)11(15)12(16)13(17)21-9;1-16-2-3-17-4-5-19-6-7-8(12)9(13)10(14)11(15)18-7;1-6-2-3-7-4-5-8/h2-5,9-17H,6H2,1H3;7-15H,2-6H2,1H3;8H,2-5H2,1H3/t9?,10-,11-,12?,13?;7?,8-,9-,10?,11-;/m00./s1. The molecule has 0 radical (unpaired) electrons. The molecule has 0 aromatic heterocycles. The smallest absolute Gasteiger partial charge is 0.297 e. The van der Waals surface area contributed by atoms with Crippen LogP contribution in [0.3, 0.4) is 0 Å². The highest BCUT2D eigenvalue weighted by atomic mass is 32.2. The van der Waals surface area contributed by atoms with Crippen LogP contribution in [0.4, 0.5) is 0 Å². The van der Waals surface area contributed by atoms with Gasteiger partial charge in [0.1, 0.15) is 42.7 Å². The molecule has 2 heterocycles. The van der Waals surface area contributed by atoms with Gasteiger partial charge in [-0.15, -0.1) is 0 Å². The minimum Gasteiger partial charge on any atom is -0.388 e. The van der Waals surface area contributed by atoms with Crippen molar-refractivity contribution >= 4 is 34.5 Å². The predicted molar refractivity (Wildman–Crippen MR) is 179 cm³/mol. The van der Waals surface area contributed by atoms with E-state index in [-0.39, 0.29) is 4.90 Å². The van der Waals surface area contributed by atoms with E-state index in [0.29, 0.717) is 51.1 Å². The zero-order valence-corrected chi connectivity index (χ0v) is 30.2. The first-order valence-corrected chi connectivity index (χ1v) is 18.4. The third-order valence-electron chi connectivity index (χ3n) is 6.82. The number of hydrogen-bond donors (Lipinski definition) is 9. The summed E-state index contributed by atoms with van der Waals surface area (Å²) in [4.78, 5) is -0.0652. The maximum atomic E-state index is 12.0. The summed E-state index contributed by atoms with van der Waals surface area (Å²) in [5.41, 5.74) is 0.880. The predicted octanol–water partition coefficient (Wildman–Crippen LogP) is -2.74. The highest BCUT2D eigenvalue weighted by Crippen LogP contribution is 2.23. The van der Waals surface area contributed by atoms with Crippen LogP contribution < -0.4 is 0 Å². The van der Waals surface area contributed by atoms with E-state index in [2.05, 4.69) is 12.6 Å². The van der Waals surface area contributed by atoms with Gasteiger partial charge in [-0.25, -0.2) is 0 Å². The average molecular weight is 769 g/mol. The fourth-order valence-electron chi connectivity index (χ4n) is 3.94. The molecule has 288 valence electrons. The monoisotopic (exact) mass is 768 g/mol. The van der Waals surface area contributed by atoms with Gasteiger partial charge >= 0.3 is 0 Å². The number of aliphatic hydroxyl groups excluding tert-OH is 8. The topological polar surface area (TPSA) is 261 Å². The van der Waals surface area contributed by atoms with E-state index in [1.165, 1.54) is 23.9 Å². The van der Waals surface area contributed by atoms with Gasteiger partial charge in [-0.2, -0.15) is 32.8 Å². The van der Waals surface area contributed by atoms with E-state index in [1.807, 2.05) is 0 Å². The lowest BCUT2D eigenvalue weighted by atomic mass is 10.00. The largest absolute Gasteiger partial charge is 0.388 e. The summed E-state index contributed by atoms with van der Waals surface area (Å²) in [6.07, 6.45) is -14.2. The summed E-state index contributed by atoms with van der Waals surface area (Å²) in [6, 6.07) is 5.95. The molecule has 2 aliphatic rings. The Morgan fingerprint density at radius 2 is 1.18 bits per heavy atom. The Kier molecular flexibility index (Phi) is 23.9. The molecule has 49 heavy (non-hydrogen) atoms. The van der Waals surface area contributed by atoms with Crippen molar-refractivity contribution < 1.29 is 81.9 Å². The van der Waals surface area contributed by atoms with Gasteiger partial charge in [0.25, 0.3) is 10.1 Å². The first-order valence-electron chi connectivity index (χ1n) is 15.2. The SMILES string of the molecule is COCCOCCS.COCCOCCSCC1O[C@H](O)C(O)[C@@H](O)[C@H]1O.Cc1ccc(S(=O)(=O)OCC2OC(O)C(O)[C@@H](O)[C@H]2O)cc1. The Bertz CT molecular complexity index is 1080. The summed E-state index contributed by atoms with van der Waals surface area (Å²) in [5.74, 6) is 1.88. The first kappa shape index (κ1) is 46.3. The highest BCUT2D eigenvalue weighted by Gasteiger charge is 2.44. The third kappa shape index (κ3) is 17.1. The Balaban J connectivity index is 0.000000406. The van der Waals surface area contributed by atoms with Crippen LogP contribution >= 0.6 is 24.4 Å². The molecule has 0 spiro atoms. The Morgan fingerprint density at radius 3 is 1.69 bits per heavy atom. The molecule has 0 saturated carbocycles. The van der Waals surface area contributed by atoms with Crippen molar-refractivity contribution in [3.8, 4) is 0 Å². The summed E-state index contributed by atoms with van der Waals surface area (Å²) in [5, 5.41) is 75.8. The Labute approximate surface area is 296 Å². The lowest BCUT2D eigenvalue weighted by Crippen LogP contribution is -2.58. The number of thiol groups is 1. The number of hydrogen-bond acceptors (Lipinski definition) is 19. The van der Waals surface area contributed by atoms with Gasteiger partial charge in [-0.05, 0) is 19.1 Å². The number of aryl methyl sites for hydroxylation is 1. The van der Waals surface area contributed by atoms with Crippen molar-refractivity contribution in [3.63, 3.8) is 0 Å². The van der Waals surface area contributed by atoms with Crippen molar-refractivity contribution in [3.05, 3.63) is 29.8 Å². The highest BCUT2D eigenvalue weighted by molar-refractivity contribution is 7.99. The zero-order valence-electron chi connectivity index (χ0n) is 27.7. The second-order valence-corrected chi connectivity index (χ2v) is 13.8. The van der Waals surface area contributed by atoms with Crippen LogP contribution in [0.5, 0.6) is 0 Å². The quantitative estimate of drug-likeness (QED) is 0.0442. The number of benzene rings is 1. The van der Waals surface area contributed by atoms with Crippen LogP contribution in [0.1, 0.15) is 5.56 Å². The molecule has 17 nitrogen and oxygen atoms in total. The number of rotatable bonds is 17. The van der Waals surface area contributed by atoms with Crippen LogP contribution in [-0.4, -0.2) is 188 Å². The molecule has 1 aromatic rings. The van der Waals surface area contributed by atoms with E-state index >= 15 is 0 Å². The second-order valence-electron chi connectivity index (χ2n) is 10.6. The van der Waals surface area contributed by atoms with E-state index < -0.39 is 78.1 Å². The van der Waals surface area contributed by atoms with Crippen LogP contribution in [-0.2, 0) is 42.7 Å². The number of ether oxygens (including phenoxy) is 6. The maximum absolute atomic E-state index is 12.0. The number of aliphatic hydroxyl groups is 8. The van der Waals surface area contributed by atoms with E-state index in [4.69, 9.17) is 32.6 Å². The normalized spacial score (nSPS) is 30.1. The van der Waals surface area contributed by atoms with Crippen molar-refractivity contribution in [1.29, 1.82) is 0 Å². The summed E-state index contributed by atoms with van der Waals surface area (Å²) < 4.78 is 58.5. The summed E-state index contributed by atoms with van der Waals surface area (Å²) in [7, 11) is -0.806. The molecular weight excluding hydrogens is 717 g/mol. The molecule has 2 fully saturated rings. The summed E-state index contributed by atoms with van der Waals surface area (Å²) in [6.45, 7) is 4.88. The molecule has 0 amide bonds. The van der Waals surface area contributed by atoms with E-state index in [9.17, 15) is 49.3 Å². The van der Waals surface area contributed by atoms with Crippen LogP contribution in [0.2, 0.25) is 0 Å². The number of thioether (sulfide) groups is 1. The van der Waals surface area contributed by atoms with Crippen LogP contribution in [0.15, 0.2) is 29.2 Å². The number of methoxy groups -OCH3 is 2. The molecule has 2 aliphatic heterocycles. The van der Waals surface area contributed by atoms with Gasteiger partial charge in [-0.3, -0.25) is 4.18 Å². The molecule has 20 heteroatoms. The van der Waals surface area contributed by atoms with E-state index in [0.717, 1.165) is 11.3 Å². The first-order chi connectivity index (χ1) is 23.2. The van der Waals surface area contributed by atoms with Crippen LogP contribution in [0, 0.1) is 6.92 Å². The molecule has 8 N–H and O–H groups in total. The lowest BCUT2D eigenvalue weighted by molar-refractivity contribution is -0.285. The Morgan fingerprint density at radius 1 is 0.694 bits per heavy atom. The minimum atomic E-state index is -4.07. The maximum Gasteiger partial charge on any atom is 0.297 e. The van der Waals surface area contributed by atoms with Gasteiger partial charge in [0.15, 0.2) is 12.6 Å². The second kappa shape index (κ2) is 25.3. The van der Waals surface area contributed by atoms with Gasteiger partial charge in [-0.1, -0.05) is 17.7 Å². The van der Waals surface area contributed by atoms with Gasteiger partial charge in [0.2, 0.25) is 0 Å². The fourth-order valence-corrected chi connectivity index (χ4v) is 5.90. The Hall–Kier alpha value is -0.730. The van der Waals surface area contributed by atoms with Gasteiger partial charge in [0, 0.05) is 31.5 Å². The lowest BCUT2D eigenvalue weighted by Gasteiger charge is -2.38. The van der Waals surface area contributed by atoms with Crippen LogP contribution in [0.25, 0.3) is 0 Å². The third-order valence-corrected chi connectivity index (χ3v) is 9.32. The molecule has 10 atom stereocenters. The van der Waals surface area contributed by atoms with Crippen molar-refractivity contribution in [2.75, 3.05) is 77.7 Å². The molecule has 5 unspecified atom stereocenters. The fraction of sp³-hybridized carbons (Fsp3) is 0.793. The van der Waals surface area contributed by atoms with Crippen molar-refractivity contribution in [2.24, 2.45) is 0 Å².